The van der Waals surface area contributed by atoms with Crippen molar-refractivity contribution in [2.45, 2.75) is 9.79 Å². The first-order valence-electron chi connectivity index (χ1n) is 7.34. The minimum absolute atomic E-state index is 0.199. The zero-order valence-electron chi connectivity index (χ0n) is 12.5. The van der Waals surface area contributed by atoms with E-state index in [1.54, 1.807) is 0 Å². The number of hydrogen-bond donors (Lipinski definition) is 4. The average Bonchev–Trinajstić information content (AvgIpc) is 2.98. The maximum atomic E-state index is 12.4. The molecular weight excluding hydrogens is 340 g/mol. The Bertz CT molecular complexity index is 1140. The third-order valence-corrected chi connectivity index (χ3v) is 5.89. The fourth-order valence-electron chi connectivity index (χ4n) is 2.54. The molecule has 2 aromatic carbocycles. The first-order chi connectivity index (χ1) is 11.7. The summed E-state index contributed by atoms with van der Waals surface area (Å²) < 4.78 is 1.15. The summed E-state index contributed by atoms with van der Waals surface area (Å²) in [5.41, 5.74) is 0.826. The van der Waals surface area contributed by atoms with Crippen LogP contribution in [-0.4, -0.2) is 19.9 Å². The Kier molecular flexibility index (Phi) is 3.79. The molecule has 0 aliphatic heterocycles. The van der Waals surface area contributed by atoms with Crippen molar-refractivity contribution in [3.8, 4) is 0 Å². The molecule has 0 saturated heterocycles. The van der Waals surface area contributed by atoms with Gasteiger partial charge in [-0.2, -0.15) is 0 Å². The number of benzene rings is 2. The number of H-pyrrole nitrogens is 4. The summed E-state index contributed by atoms with van der Waals surface area (Å²) in [7, 11) is -0.451. The normalized spacial score (nSPS) is 11.2. The van der Waals surface area contributed by atoms with Gasteiger partial charge in [0.1, 0.15) is 15.9 Å². The van der Waals surface area contributed by atoms with Crippen molar-refractivity contribution in [2.75, 3.05) is 0 Å². The van der Waals surface area contributed by atoms with Crippen LogP contribution in [0.1, 0.15) is 0 Å². The molecule has 2 aromatic heterocycles. The first kappa shape index (κ1) is 14.9. The molecule has 0 bridgehead atoms. The van der Waals surface area contributed by atoms with Crippen LogP contribution >= 0.6 is 22.7 Å². The van der Waals surface area contributed by atoms with Crippen molar-refractivity contribution in [3.63, 3.8) is 0 Å². The van der Waals surface area contributed by atoms with E-state index < -0.39 is 10.5 Å². The van der Waals surface area contributed by atoms with Gasteiger partial charge < -0.3 is 19.9 Å². The third kappa shape index (κ3) is 2.68. The Morgan fingerprint density at radius 2 is 1.33 bits per heavy atom. The van der Waals surface area contributed by atoms with Crippen LogP contribution in [0, 0.1) is 9.54 Å². The average molecular weight is 354 g/mol. The predicted molar refractivity (Wildman–Crippen MR) is 98.7 cm³/mol. The highest BCUT2D eigenvalue weighted by Gasteiger charge is 2.08. The SMILES string of the molecule is O=c1[nH]c(=S(c2ccccc2)c2ccccc2)[nH]c2[nH]c(=S)[nH]c12. The predicted octanol–water partition coefficient (Wildman–Crippen LogP) is 4.16. The Morgan fingerprint density at radius 1 is 0.750 bits per heavy atom. The van der Waals surface area contributed by atoms with Crippen LogP contribution < -0.4 is 5.56 Å². The number of imidazole rings is 1. The van der Waals surface area contributed by atoms with Crippen LogP contribution in [0.15, 0.2) is 75.2 Å². The van der Waals surface area contributed by atoms with E-state index in [0.717, 1.165) is 14.6 Å². The molecule has 0 spiro atoms. The molecular formula is C17H14N4OS2. The highest BCUT2D eigenvalue weighted by molar-refractivity contribution is 8.09. The lowest BCUT2D eigenvalue weighted by atomic mass is 10.4. The molecule has 0 aliphatic carbocycles. The molecule has 7 heteroatoms. The molecule has 0 atom stereocenters. The van der Waals surface area contributed by atoms with Crippen molar-refractivity contribution >= 4 is 33.9 Å². The molecule has 0 radical (unpaired) electrons. The molecule has 2 heterocycles. The number of aromatic amines is 4. The number of hydrogen-bond acceptors (Lipinski definition) is 2. The van der Waals surface area contributed by atoms with Crippen LogP contribution in [0.2, 0.25) is 0 Å². The summed E-state index contributed by atoms with van der Waals surface area (Å²) in [5.74, 6) is 0. The third-order valence-electron chi connectivity index (χ3n) is 3.58. The Labute approximate surface area is 144 Å². The summed E-state index contributed by atoms with van der Waals surface area (Å²) in [5, 5.41) is 0. The van der Waals surface area contributed by atoms with Crippen LogP contribution in [0.5, 0.6) is 0 Å². The molecule has 0 fully saturated rings. The number of fused-ring (bicyclic) bond motifs is 1. The van der Waals surface area contributed by atoms with Crippen LogP contribution in [-0.2, 0) is 0 Å². The molecule has 0 saturated carbocycles. The van der Waals surface area contributed by atoms with E-state index in [0.29, 0.717) is 15.9 Å². The monoisotopic (exact) mass is 354 g/mol. The molecule has 24 heavy (non-hydrogen) atoms. The van der Waals surface area contributed by atoms with E-state index in [-0.39, 0.29) is 5.56 Å². The van der Waals surface area contributed by atoms with Gasteiger partial charge in [-0.25, -0.2) is 0 Å². The van der Waals surface area contributed by atoms with E-state index in [9.17, 15) is 4.79 Å². The Hall–Kier alpha value is -2.64. The second-order valence-corrected chi connectivity index (χ2v) is 7.54. The maximum absolute atomic E-state index is 12.4. The van der Waals surface area contributed by atoms with Gasteiger partial charge in [-0.05, 0) is 36.5 Å². The lowest BCUT2D eigenvalue weighted by molar-refractivity contribution is 1.11. The molecule has 120 valence electrons. The maximum Gasteiger partial charge on any atom is 0.277 e. The molecule has 5 nitrogen and oxygen atoms in total. The second-order valence-electron chi connectivity index (χ2n) is 5.17. The zero-order valence-corrected chi connectivity index (χ0v) is 14.1. The lowest BCUT2D eigenvalue weighted by Gasteiger charge is -2.10. The van der Waals surface area contributed by atoms with Gasteiger partial charge in [0.15, 0.2) is 4.77 Å². The van der Waals surface area contributed by atoms with Crippen molar-refractivity contribution in [1.82, 2.24) is 19.9 Å². The quantitative estimate of drug-likeness (QED) is 0.408. The summed E-state index contributed by atoms with van der Waals surface area (Å²) in [6, 6.07) is 20.2. The molecule has 4 aromatic rings. The Balaban J connectivity index is 2.15. The highest BCUT2D eigenvalue weighted by atomic mass is 32.2. The minimum Gasteiger partial charge on any atom is -0.325 e. The van der Waals surface area contributed by atoms with Gasteiger partial charge in [0.2, 0.25) is 0 Å². The van der Waals surface area contributed by atoms with Crippen molar-refractivity contribution in [1.29, 1.82) is 0 Å². The summed E-state index contributed by atoms with van der Waals surface area (Å²) in [6.45, 7) is 0. The van der Waals surface area contributed by atoms with Crippen LogP contribution in [0.4, 0.5) is 0 Å². The van der Waals surface area contributed by atoms with Crippen LogP contribution in [0.25, 0.3) is 11.2 Å². The largest absolute Gasteiger partial charge is 0.325 e. The molecule has 0 unspecified atom stereocenters. The molecule has 4 rings (SSSR count). The summed E-state index contributed by atoms with van der Waals surface area (Å²) >= 11 is 5.09. The van der Waals surface area contributed by atoms with E-state index in [1.807, 2.05) is 36.4 Å². The smallest absolute Gasteiger partial charge is 0.277 e. The van der Waals surface area contributed by atoms with E-state index in [2.05, 4.69) is 44.2 Å². The van der Waals surface area contributed by atoms with E-state index in [1.165, 1.54) is 0 Å². The van der Waals surface area contributed by atoms with Crippen LogP contribution in [0.3, 0.4) is 0 Å². The van der Waals surface area contributed by atoms with Gasteiger partial charge >= 0.3 is 0 Å². The first-order valence-corrected chi connectivity index (χ1v) is 8.97. The van der Waals surface area contributed by atoms with Gasteiger partial charge in [0.05, 0.1) is 0 Å². The molecule has 0 amide bonds. The Morgan fingerprint density at radius 3 is 1.92 bits per heavy atom. The number of aromatic nitrogens is 4. The van der Waals surface area contributed by atoms with Gasteiger partial charge in [-0.15, -0.1) is 0 Å². The standard InChI is InChI=1S/C17H14N4OS2/c22-15-13-14(19-16(23)18-13)20-17(21-15)24(11-7-3-1-4-8-11)12-9-5-2-6-10-12/h1-10,20H,(H,21,22)(H2,18,19,23). The van der Waals surface area contributed by atoms with Gasteiger partial charge in [0.25, 0.3) is 5.56 Å². The summed E-state index contributed by atoms with van der Waals surface area (Å²) in [6.07, 6.45) is 0. The van der Waals surface area contributed by atoms with Gasteiger partial charge in [0, 0.05) is 9.79 Å². The topological polar surface area (TPSA) is 80.2 Å². The van der Waals surface area contributed by atoms with E-state index in [4.69, 9.17) is 12.2 Å². The molecule has 0 aliphatic rings. The number of nitrogens with one attached hydrogen (secondary N) is 4. The lowest BCUT2D eigenvalue weighted by Crippen LogP contribution is -2.08. The number of rotatable bonds is 2. The molecule has 4 N–H and O–H groups in total. The second kappa shape index (κ2) is 6.10. The van der Waals surface area contributed by atoms with Gasteiger partial charge in [-0.3, -0.25) is 4.79 Å². The zero-order chi connectivity index (χ0) is 16.5. The van der Waals surface area contributed by atoms with Crippen molar-refractivity contribution in [2.24, 2.45) is 0 Å². The van der Waals surface area contributed by atoms with E-state index >= 15 is 0 Å². The van der Waals surface area contributed by atoms with Crippen molar-refractivity contribution in [3.05, 3.63) is 80.6 Å². The fraction of sp³-hybridized carbons (Fsp3) is 0. The fourth-order valence-corrected chi connectivity index (χ4v) is 4.75. The summed E-state index contributed by atoms with van der Waals surface area (Å²) in [4.78, 5) is 26.7. The van der Waals surface area contributed by atoms with Crippen molar-refractivity contribution < 1.29 is 0 Å². The minimum atomic E-state index is -0.451. The highest BCUT2D eigenvalue weighted by Crippen LogP contribution is 2.37. The van der Waals surface area contributed by atoms with Gasteiger partial charge in [-0.1, -0.05) is 46.9 Å².